The summed E-state index contributed by atoms with van der Waals surface area (Å²) in [7, 11) is -3.86. The number of hydrazine groups is 1. The fourth-order valence-corrected chi connectivity index (χ4v) is 3.60. The van der Waals surface area contributed by atoms with Gasteiger partial charge in [-0.15, -0.1) is 4.83 Å². The van der Waals surface area contributed by atoms with E-state index in [2.05, 4.69) is 21.4 Å². The van der Waals surface area contributed by atoms with E-state index in [-0.39, 0.29) is 11.5 Å². The Morgan fingerprint density at radius 3 is 2.61 bits per heavy atom. The molecule has 0 spiro atoms. The number of amides is 1. The van der Waals surface area contributed by atoms with E-state index in [4.69, 9.17) is 4.74 Å². The first kappa shape index (κ1) is 17.5. The van der Waals surface area contributed by atoms with Crippen molar-refractivity contribution in [3.05, 3.63) is 58.6 Å². The topological polar surface area (TPSA) is 84.5 Å². The standard InChI is InChI=1S/C15H15BrN2O4S/c1-11-5-4-6-12(9-11)22-10-15(19)17-18-23(20,21)14-8-3-2-7-13(14)16/h2-9,18H,10H2,1H3,(H,17,19). The van der Waals surface area contributed by atoms with E-state index in [1.54, 1.807) is 36.4 Å². The largest absolute Gasteiger partial charge is 0.484 e. The molecule has 0 saturated carbocycles. The Morgan fingerprint density at radius 2 is 1.91 bits per heavy atom. The van der Waals surface area contributed by atoms with E-state index in [1.807, 2.05) is 17.8 Å². The molecule has 1 amide bonds. The second-order valence-electron chi connectivity index (χ2n) is 4.69. The van der Waals surface area contributed by atoms with Gasteiger partial charge in [0, 0.05) is 4.47 Å². The SMILES string of the molecule is Cc1cccc(OCC(=O)NNS(=O)(=O)c2ccccc2Br)c1. The molecule has 2 rings (SSSR count). The lowest BCUT2D eigenvalue weighted by Crippen LogP contribution is -2.43. The number of carbonyl (C=O) groups is 1. The third kappa shape index (κ3) is 5.05. The highest BCUT2D eigenvalue weighted by atomic mass is 79.9. The van der Waals surface area contributed by atoms with Crippen molar-refractivity contribution < 1.29 is 17.9 Å². The van der Waals surface area contributed by atoms with Crippen molar-refractivity contribution in [3.8, 4) is 5.75 Å². The first-order chi connectivity index (χ1) is 10.9. The number of benzene rings is 2. The van der Waals surface area contributed by atoms with Gasteiger partial charge in [0.25, 0.3) is 15.9 Å². The maximum atomic E-state index is 12.1. The molecule has 122 valence electrons. The van der Waals surface area contributed by atoms with Gasteiger partial charge in [-0.1, -0.05) is 24.3 Å². The zero-order chi connectivity index (χ0) is 16.9. The summed E-state index contributed by atoms with van der Waals surface area (Å²) in [5, 5.41) is 0. The van der Waals surface area contributed by atoms with Crippen LogP contribution in [0.5, 0.6) is 5.75 Å². The van der Waals surface area contributed by atoms with Crippen LogP contribution in [0, 0.1) is 6.92 Å². The zero-order valence-electron chi connectivity index (χ0n) is 12.2. The molecule has 0 atom stereocenters. The van der Waals surface area contributed by atoms with Crippen molar-refractivity contribution in [1.82, 2.24) is 10.3 Å². The third-order valence-corrected chi connectivity index (χ3v) is 5.07. The van der Waals surface area contributed by atoms with Crippen LogP contribution in [0.2, 0.25) is 0 Å². The van der Waals surface area contributed by atoms with Crippen molar-refractivity contribution in [2.45, 2.75) is 11.8 Å². The summed E-state index contributed by atoms with van der Waals surface area (Å²) in [4.78, 5) is 13.7. The van der Waals surface area contributed by atoms with E-state index < -0.39 is 15.9 Å². The summed E-state index contributed by atoms with van der Waals surface area (Å²) >= 11 is 3.15. The fourth-order valence-electron chi connectivity index (χ4n) is 1.73. The zero-order valence-corrected chi connectivity index (χ0v) is 14.6. The van der Waals surface area contributed by atoms with E-state index in [0.29, 0.717) is 10.2 Å². The highest BCUT2D eigenvalue weighted by Gasteiger charge is 2.17. The Labute approximate surface area is 143 Å². The molecule has 0 unspecified atom stereocenters. The highest BCUT2D eigenvalue weighted by molar-refractivity contribution is 9.10. The van der Waals surface area contributed by atoms with Crippen molar-refractivity contribution in [1.29, 1.82) is 0 Å². The molecule has 0 saturated heterocycles. The number of sulfonamides is 1. The predicted octanol–water partition coefficient (Wildman–Crippen LogP) is 2.15. The van der Waals surface area contributed by atoms with Gasteiger partial charge in [-0.05, 0) is 52.7 Å². The van der Waals surface area contributed by atoms with Crippen LogP contribution in [0.3, 0.4) is 0 Å². The molecule has 2 N–H and O–H groups in total. The summed E-state index contributed by atoms with van der Waals surface area (Å²) in [6.07, 6.45) is 0. The second kappa shape index (κ2) is 7.58. The van der Waals surface area contributed by atoms with E-state index >= 15 is 0 Å². The Balaban J connectivity index is 1.90. The molecule has 2 aromatic carbocycles. The smallest absolute Gasteiger partial charge is 0.272 e. The van der Waals surface area contributed by atoms with Gasteiger partial charge >= 0.3 is 0 Å². The lowest BCUT2D eigenvalue weighted by molar-refractivity contribution is -0.123. The lowest BCUT2D eigenvalue weighted by Gasteiger charge is -2.10. The number of hydrogen-bond acceptors (Lipinski definition) is 4. The minimum atomic E-state index is -3.86. The van der Waals surface area contributed by atoms with Gasteiger partial charge < -0.3 is 4.74 Å². The summed E-state index contributed by atoms with van der Waals surface area (Å²) in [6.45, 7) is 1.60. The molecule has 2 aromatic rings. The van der Waals surface area contributed by atoms with Crippen LogP contribution in [0.25, 0.3) is 0 Å². The molecule has 0 aliphatic heterocycles. The molecular formula is C15H15BrN2O4S. The van der Waals surface area contributed by atoms with Crippen molar-refractivity contribution >= 4 is 31.9 Å². The molecular weight excluding hydrogens is 384 g/mol. The lowest BCUT2D eigenvalue weighted by atomic mass is 10.2. The first-order valence-corrected chi connectivity index (χ1v) is 8.91. The molecule has 0 bridgehead atoms. The average Bonchev–Trinajstić information content (AvgIpc) is 2.51. The van der Waals surface area contributed by atoms with Gasteiger partial charge in [0.15, 0.2) is 6.61 Å². The number of ether oxygens (including phenoxy) is 1. The van der Waals surface area contributed by atoms with Crippen molar-refractivity contribution in [3.63, 3.8) is 0 Å². The second-order valence-corrected chi connectivity index (χ2v) is 7.19. The van der Waals surface area contributed by atoms with Crippen LogP contribution in [0.4, 0.5) is 0 Å². The fraction of sp³-hybridized carbons (Fsp3) is 0.133. The maximum absolute atomic E-state index is 12.1. The quantitative estimate of drug-likeness (QED) is 0.730. The normalized spacial score (nSPS) is 11.0. The molecule has 6 nitrogen and oxygen atoms in total. The van der Waals surface area contributed by atoms with Gasteiger partial charge in [-0.25, -0.2) is 8.42 Å². The van der Waals surface area contributed by atoms with Gasteiger partial charge in [0.2, 0.25) is 0 Å². The van der Waals surface area contributed by atoms with E-state index in [1.165, 1.54) is 6.07 Å². The summed E-state index contributed by atoms with van der Waals surface area (Å²) in [6, 6.07) is 13.5. The Morgan fingerprint density at radius 1 is 1.17 bits per heavy atom. The molecule has 0 radical (unpaired) electrons. The summed E-state index contributed by atoms with van der Waals surface area (Å²) in [5.41, 5.74) is 3.11. The maximum Gasteiger partial charge on any atom is 0.272 e. The predicted molar refractivity (Wildman–Crippen MR) is 89.3 cm³/mol. The molecule has 0 aliphatic carbocycles. The monoisotopic (exact) mass is 398 g/mol. The van der Waals surface area contributed by atoms with Crippen LogP contribution in [0.15, 0.2) is 57.9 Å². The van der Waals surface area contributed by atoms with Crippen LogP contribution < -0.4 is 15.0 Å². The van der Waals surface area contributed by atoms with E-state index in [0.717, 1.165) is 5.56 Å². The van der Waals surface area contributed by atoms with Gasteiger partial charge in [-0.2, -0.15) is 0 Å². The minimum absolute atomic E-state index is 0.0277. The van der Waals surface area contributed by atoms with E-state index in [9.17, 15) is 13.2 Å². The van der Waals surface area contributed by atoms with Crippen molar-refractivity contribution in [2.75, 3.05) is 6.61 Å². The average molecular weight is 399 g/mol. The first-order valence-electron chi connectivity index (χ1n) is 6.63. The third-order valence-electron chi connectivity index (χ3n) is 2.81. The van der Waals surface area contributed by atoms with Crippen LogP contribution in [-0.4, -0.2) is 20.9 Å². The summed E-state index contributed by atoms with van der Waals surface area (Å²) in [5.74, 6) is -0.0732. The molecule has 0 aliphatic rings. The van der Waals surface area contributed by atoms with Gasteiger partial charge in [0.1, 0.15) is 5.75 Å². The Bertz CT molecular complexity index is 809. The Kier molecular flexibility index (Phi) is 5.75. The molecule has 8 heteroatoms. The molecule has 0 fully saturated rings. The summed E-state index contributed by atoms with van der Waals surface area (Å²) < 4.78 is 29.8. The molecule has 23 heavy (non-hydrogen) atoms. The number of hydrogen-bond donors (Lipinski definition) is 2. The van der Waals surface area contributed by atoms with Crippen molar-refractivity contribution in [2.24, 2.45) is 0 Å². The number of nitrogens with one attached hydrogen (secondary N) is 2. The molecule has 0 aromatic heterocycles. The highest BCUT2D eigenvalue weighted by Crippen LogP contribution is 2.20. The number of halogens is 1. The van der Waals surface area contributed by atoms with Crippen LogP contribution in [0.1, 0.15) is 5.56 Å². The van der Waals surface area contributed by atoms with Gasteiger partial charge in [-0.3, -0.25) is 10.2 Å². The Hall–Kier alpha value is -1.90. The minimum Gasteiger partial charge on any atom is -0.484 e. The van der Waals surface area contributed by atoms with Gasteiger partial charge in [0.05, 0.1) is 4.90 Å². The number of carbonyl (C=O) groups excluding carboxylic acids is 1. The number of aryl methyl sites for hydroxylation is 1. The molecule has 0 heterocycles. The number of rotatable bonds is 6. The van der Waals surface area contributed by atoms with Crippen LogP contribution in [-0.2, 0) is 14.8 Å². The van der Waals surface area contributed by atoms with Crippen LogP contribution >= 0.6 is 15.9 Å².